The van der Waals surface area contributed by atoms with Gasteiger partial charge in [-0.3, -0.25) is 0 Å². The molecule has 0 spiro atoms. The Balaban J connectivity index is 1.35. The number of aromatic nitrogens is 2. The summed E-state index contributed by atoms with van der Waals surface area (Å²) in [4.78, 5) is 10.9. The van der Waals surface area contributed by atoms with E-state index in [-0.39, 0.29) is 5.56 Å². The van der Waals surface area contributed by atoms with Crippen LogP contribution in [0.25, 0.3) is 11.5 Å². The maximum Gasteiger partial charge on any atom is 0.335 e. The monoisotopic (exact) mass is 364 g/mol. The predicted molar refractivity (Wildman–Crippen MR) is 104 cm³/mol. The number of hydrogen-bond donors (Lipinski definition) is 1. The first-order valence-electron chi connectivity index (χ1n) is 9.42. The molecule has 0 aliphatic heterocycles. The van der Waals surface area contributed by atoms with Crippen LogP contribution in [0.15, 0.2) is 59.0 Å². The zero-order valence-electron chi connectivity index (χ0n) is 15.3. The molecule has 0 aliphatic rings. The fourth-order valence-corrected chi connectivity index (χ4v) is 3.01. The van der Waals surface area contributed by atoms with Crippen LogP contribution in [0.2, 0.25) is 0 Å². The van der Waals surface area contributed by atoms with Crippen molar-refractivity contribution in [3.63, 3.8) is 0 Å². The van der Waals surface area contributed by atoms with Gasteiger partial charge in [-0.2, -0.15) is 0 Å². The average molecular weight is 364 g/mol. The highest BCUT2D eigenvalue weighted by Gasteiger charge is 2.09. The van der Waals surface area contributed by atoms with Crippen LogP contribution in [0.5, 0.6) is 0 Å². The molecule has 0 atom stereocenters. The third-order valence-electron chi connectivity index (χ3n) is 4.54. The quantitative estimate of drug-likeness (QED) is 0.502. The summed E-state index contributed by atoms with van der Waals surface area (Å²) in [5.41, 5.74) is 2.39. The molecule has 3 aromatic rings. The summed E-state index contributed by atoms with van der Waals surface area (Å²) in [7, 11) is 0. The topological polar surface area (TPSA) is 76.2 Å². The second-order valence-corrected chi connectivity index (χ2v) is 6.64. The van der Waals surface area contributed by atoms with Gasteiger partial charge in [-0.05, 0) is 49.1 Å². The Morgan fingerprint density at radius 2 is 1.48 bits per heavy atom. The normalized spacial score (nSPS) is 10.8. The summed E-state index contributed by atoms with van der Waals surface area (Å²) in [6.45, 7) is 0. The number of rotatable bonds is 10. The second-order valence-electron chi connectivity index (χ2n) is 6.64. The molecule has 1 heterocycles. The lowest BCUT2D eigenvalue weighted by molar-refractivity contribution is 0.0697. The van der Waals surface area contributed by atoms with E-state index in [1.807, 2.05) is 0 Å². The van der Waals surface area contributed by atoms with Crippen LogP contribution in [0, 0.1) is 0 Å². The van der Waals surface area contributed by atoms with Gasteiger partial charge < -0.3 is 9.52 Å². The molecule has 0 fully saturated rings. The summed E-state index contributed by atoms with van der Waals surface area (Å²) < 4.78 is 5.69. The smallest absolute Gasteiger partial charge is 0.335 e. The van der Waals surface area contributed by atoms with Crippen molar-refractivity contribution in [2.75, 3.05) is 0 Å². The minimum atomic E-state index is -0.948. The fourth-order valence-electron chi connectivity index (χ4n) is 3.01. The molecule has 5 nitrogen and oxygen atoms in total. The molecule has 27 heavy (non-hydrogen) atoms. The van der Waals surface area contributed by atoms with E-state index < -0.39 is 5.97 Å². The molecule has 1 aromatic heterocycles. The van der Waals surface area contributed by atoms with E-state index in [1.54, 1.807) is 12.1 Å². The Bertz CT molecular complexity index is 842. The highest BCUT2D eigenvalue weighted by Crippen LogP contribution is 2.19. The minimum Gasteiger partial charge on any atom is -0.478 e. The molecular weight excluding hydrogens is 340 g/mol. The highest BCUT2D eigenvalue weighted by molar-refractivity contribution is 5.88. The maximum absolute atomic E-state index is 10.9. The Kier molecular flexibility index (Phi) is 6.74. The third-order valence-corrected chi connectivity index (χ3v) is 4.54. The van der Waals surface area contributed by atoms with Crippen LogP contribution in [-0.2, 0) is 12.8 Å². The van der Waals surface area contributed by atoms with Crippen molar-refractivity contribution in [3.05, 3.63) is 71.6 Å². The van der Waals surface area contributed by atoms with Crippen molar-refractivity contribution in [1.82, 2.24) is 10.2 Å². The molecule has 0 saturated carbocycles. The molecule has 2 aromatic carbocycles. The van der Waals surface area contributed by atoms with Crippen molar-refractivity contribution < 1.29 is 14.3 Å². The lowest BCUT2D eigenvalue weighted by Gasteiger charge is -2.01. The largest absolute Gasteiger partial charge is 0.478 e. The zero-order chi connectivity index (χ0) is 18.9. The average Bonchev–Trinajstić information content (AvgIpc) is 3.17. The molecule has 0 bridgehead atoms. The summed E-state index contributed by atoms with van der Waals surface area (Å²) in [5, 5.41) is 17.1. The Hall–Kier alpha value is -2.95. The van der Waals surface area contributed by atoms with Gasteiger partial charge >= 0.3 is 5.97 Å². The first kappa shape index (κ1) is 18.8. The van der Waals surface area contributed by atoms with Crippen molar-refractivity contribution in [3.8, 4) is 11.5 Å². The van der Waals surface area contributed by atoms with Crippen LogP contribution in [-0.4, -0.2) is 21.3 Å². The Morgan fingerprint density at radius 1 is 0.815 bits per heavy atom. The van der Waals surface area contributed by atoms with E-state index in [2.05, 4.69) is 40.5 Å². The van der Waals surface area contributed by atoms with Gasteiger partial charge in [-0.1, -0.05) is 49.6 Å². The molecule has 0 saturated heterocycles. The van der Waals surface area contributed by atoms with Gasteiger partial charge in [0.2, 0.25) is 11.8 Å². The number of hydrogen-bond acceptors (Lipinski definition) is 4. The van der Waals surface area contributed by atoms with Crippen molar-refractivity contribution in [2.45, 2.75) is 44.9 Å². The number of carboxylic acids is 1. The maximum atomic E-state index is 10.9. The van der Waals surface area contributed by atoms with Crippen molar-refractivity contribution in [1.29, 1.82) is 0 Å². The van der Waals surface area contributed by atoms with Gasteiger partial charge in [0.05, 0.1) is 5.56 Å². The minimum absolute atomic E-state index is 0.241. The van der Waals surface area contributed by atoms with Crippen LogP contribution < -0.4 is 0 Å². The van der Waals surface area contributed by atoms with Gasteiger partial charge in [0.25, 0.3) is 0 Å². The fraction of sp³-hybridized carbons (Fsp3) is 0.318. The summed E-state index contributed by atoms with van der Waals surface area (Å²) in [5.74, 6) is 0.123. The highest BCUT2D eigenvalue weighted by atomic mass is 16.4. The number of unbranched alkanes of at least 4 members (excludes halogenated alkanes) is 4. The van der Waals surface area contributed by atoms with Crippen molar-refractivity contribution >= 4 is 5.97 Å². The SMILES string of the molecule is O=C(O)c1ccc(-c2nnc(CCCCCCCc3ccccc3)o2)cc1. The summed E-state index contributed by atoms with van der Waals surface area (Å²) >= 11 is 0. The molecule has 0 amide bonds. The van der Waals surface area contributed by atoms with E-state index in [0.29, 0.717) is 11.8 Å². The molecule has 5 heteroatoms. The number of carboxylic acid groups (broad SMARTS) is 1. The van der Waals surface area contributed by atoms with Gasteiger partial charge in [-0.15, -0.1) is 10.2 Å². The number of nitrogens with zero attached hydrogens (tertiary/aromatic N) is 2. The van der Waals surface area contributed by atoms with Crippen LogP contribution >= 0.6 is 0 Å². The lowest BCUT2D eigenvalue weighted by atomic mass is 10.1. The molecule has 140 valence electrons. The first-order valence-corrected chi connectivity index (χ1v) is 9.42. The predicted octanol–water partition coefficient (Wildman–Crippen LogP) is 5.17. The van der Waals surface area contributed by atoms with Crippen LogP contribution in [0.1, 0.15) is 53.9 Å². The molecule has 0 aliphatic carbocycles. The lowest BCUT2D eigenvalue weighted by Crippen LogP contribution is -1.94. The van der Waals surface area contributed by atoms with E-state index >= 15 is 0 Å². The van der Waals surface area contributed by atoms with Gasteiger partial charge in [-0.25, -0.2) is 4.79 Å². The third kappa shape index (κ3) is 5.78. The van der Waals surface area contributed by atoms with Crippen molar-refractivity contribution in [2.24, 2.45) is 0 Å². The molecule has 3 rings (SSSR count). The summed E-state index contributed by atoms with van der Waals surface area (Å²) in [6, 6.07) is 17.1. The first-order chi connectivity index (χ1) is 13.2. The van der Waals surface area contributed by atoms with Crippen LogP contribution in [0.4, 0.5) is 0 Å². The summed E-state index contributed by atoms with van der Waals surface area (Å²) in [6.07, 6.45) is 7.78. The molecule has 0 radical (unpaired) electrons. The van der Waals surface area contributed by atoms with E-state index in [9.17, 15) is 4.79 Å². The zero-order valence-corrected chi connectivity index (χ0v) is 15.3. The van der Waals surface area contributed by atoms with Crippen LogP contribution in [0.3, 0.4) is 0 Å². The van der Waals surface area contributed by atoms with E-state index in [0.717, 1.165) is 31.2 Å². The van der Waals surface area contributed by atoms with E-state index in [4.69, 9.17) is 9.52 Å². The molecule has 0 unspecified atom stereocenters. The number of carbonyl (C=O) groups is 1. The molecule has 1 N–H and O–H groups in total. The molecular formula is C22H24N2O3. The number of aryl methyl sites for hydroxylation is 2. The van der Waals surface area contributed by atoms with Gasteiger partial charge in [0.15, 0.2) is 0 Å². The number of benzene rings is 2. The second kappa shape index (κ2) is 9.67. The Labute approximate surface area is 159 Å². The standard InChI is InChI=1S/C22H24N2O3/c25-22(26)19-15-13-18(14-16-19)21-24-23-20(27-21)12-8-3-1-2-5-9-17-10-6-4-7-11-17/h4,6-7,10-11,13-16H,1-3,5,8-9,12H2,(H,25,26). The van der Waals surface area contributed by atoms with E-state index in [1.165, 1.54) is 37.0 Å². The van der Waals surface area contributed by atoms with Gasteiger partial charge in [0, 0.05) is 12.0 Å². The number of aromatic carboxylic acids is 1. The van der Waals surface area contributed by atoms with Gasteiger partial charge in [0.1, 0.15) is 0 Å². The Morgan fingerprint density at radius 3 is 2.19 bits per heavy atom.